The summed E-state index contributed by atoms with van der Waals surface area (Å²) in [5.74, 6) is 0. The number of nitrogens with one attached hydrogen (secondary N) is 1. The Kier molecular flexibility index (Phi) is 11.5. The van der Waals surface area contributed by atoms with Crippen LogP contribution in [0.25, 0.3) is 0 Å². The van der Waals surface area contributed by atoms with Gasteiger partial charge in [-0.15, -0.1) is 0 Å². The molecule has 0 bridgehead atoms. The molecule has 3 nitrogen and oxygen atoms in total. The molecule has 0 aromatic rings. The Balaban J connectivity index is 4.68. The lowest BCUT2D eigenvalue weighted by atomic mass is 9.81. The number of hydrogen-bond donors (Lipinski definition) is 1. The van der Waals surface area contributed by atoms with Crippen molar-refractivity contribution in [1.29, 1.82) is 0 Å². The smallest absolute Gasteiger partial charge is 0.0589 e. The van der Waals surface area contributed by atoms with Gasteiger partial charge in [0.05, 0.1) is 6.61 Å². The first-order valence-corrected chi connectivity index (χ1v) is 8.52. The third-order valence-corrected chi connectivity index (χ3v) is 4.76. The highest BCUT2D eigenvalue weighted by molar-refractivity contribution is 4.84. The number of methoxy groups -OCH3 is 1. The molecular formula is C17H38N2O. The molecule has 0 rings (SSSR count). The summed E-state index contributed by atoms with van der Waals surface area (Å²) in [4.78, 5) is 2.62. The minimum Gasteiger partial charge on any atom is -0.383 e. The summed E-state index contributed by atoms with van der Waals surface area (Å²) in [7, 11) is 1.80. The Hall–Kier alpha value is -0.120. The van der Waals surface area contributed by atoms with Gasteiger partial charge < -0.3 is 10.1 Å². The van der Waals surface area contributed by atoms with Gasteiger partial charge in [-0.05, 0) is 44.6 Å². The summed E-state index contributed by atoms with van der Waals surface area (Å²) in [5.41, 5.74) is 0.395. The standard InChI is InChI=1S/C17H38N2O/c1-7-11-18-14-17(9-3,10-4)15-19(12-13-20-6)16(5)8-2/h16,18H,7-15H2,1-6H3. The van der Waals surface area contributed by atoms with E-state index in [-0.39, 0.29) is 0 Å². The molecule has 1 N–H and O–H groups in total. The third-order valence-electron chi connectivity index (χ3n) is 4.76. The van der Waals surface area contributed by atoms with Crippen molar-refractivity contribution in [1.82, 2.24) is 10.2 Å². The molecule has 20 heavy (non-hydrogen) atoms. The van der Waals surface area contributed by atoms with Crippen molar-refractivity contribution in [2.45, 2.75) is 66.3 Å². The SMILES string of the molecule is CCCNCC(CC)(CC)CN(CCOC)C(C)CC. The van der Waals surface area contributed by atoms with Crippen LogP contribution in [0.3, 0.4) is 0 Å². The molecule has 0 amide bonds. The van der Waals surface area contributed by atoms with Crippen LogP contribution >= 0.6 is 0 Å². The zero-order chi connectivity index (χ0) is 15.4. The van der Waals surface area contributed by atoms with Gasteiger partial charge in [-0.25, -0.2) is 0 Å². The lowest BCUT2D eigenvalue weighted by Crippen LogP contribution is -2.47. The van der Waals surface area contributed by atoms with E-state index in [1.165, 1.54) is 32.2 Å². The van der Waals surface area contributed by atoms with Crippen molar-refractivity contribution < 1.29 is 4.74 Å². The summed E-state index contributed by atoms with van der Waals surface area (Å²) in [6, 6.07) is 0.633. The summed E-state index contributed by atoms with van der Waals surface area (Å²) < 4.78 is 5.29. The fraction of sp³-hybridized carbons (Fsp3) is 1.00. The third kappa shape index (κ3) is 7.05. The highest BCUT2D eigenvalue weighted by atomic mass is 16.5. The minimum absolute atomic E-state index is 0.395. The normalized spacial score (nSPS) is 13.9. The lowest BCUT2D eigenvalue weighted by Gasteiger charge is -2.40. The minimum atomic E-state index is 0.395. The fourth-order valence-corrected chi connectivity index (χ4v) is 2.66. The van der Waals surface area contributed by atoms with Crippen molar-refractivity contribution in [2.24, 2.45) is 5.41 Å². The summed E-state index contributed by atoms with van der Waals surface area (Å²) in [6.45, 7) is 16.8. The Morgan fingerprint density at radius 2 is 1.80 bits per heavy atom. The van der Waals surface area contributed by atoms with Crippen LogP contribution in [0.2, 0.25) is 0 Å². The molecule has 0 spiro atoms. The molecule has 0 aliphatic carbocycles. The molecule has 0 heterocycles. The van der Waals surface area contributed by atoms with Gasteiger partial charge in [0, 0.05) is 32.8 Å². The van der Waals surface area contributed by atoms with E-state index in [1.807, 2.05) is 0 Å². The molecule has 0 aliphatic rings. The van der Waals surface area contributed by atoms with Crippen molar-refractivity contribution in [3.63, 3.8) is 0 Å². The van der Waals surface area contributed by atoms with Crippen LogP contribution in [-0.4, -0.2) is 50.8 Å². The zero-order valence-electron chi connectivity index (χ0n) is 14.8. The number of nitrogens with zero attached hydrogens (tertiary/aromatic N) is 1. The summed E-state index contributed by atoms with van der Waals surface area (Å²) >= 11 is 0. The largest absolute Gasteiger partial charge is 0.383 e. The van der Waals surface area contributed by atoms with Gasteiger partial charge in [-0.1, -0.05) is 27.7 Å². The van der Waals surface area contributed by atoms with Crippen LogP contribution in [0.5, 0.6) is 0 Å². The van der Waals surface area contributed by atoms with E-state index in [9.17, 15) is 0 Å². The number of rotatable bonds is 13. The highest BCUT2D eigenvalue weighted by Gasteiger charge is 2.29. The first kappa shape index (κ1) is 19.9. The molecule has 122 valence electrons. The second-order valence-electron chi connectivity index (χ2n) is 6.10. The summed E-state index contributed by atoms with van der Waals surface area (Å²) in [6.07, 6.45) is 4.89. The van der Waals surface area contributed by atoms with Crippen molar-refractivity contribution in [3.8, 4) is 0 Å². The Bertz CT molecular complexity index is 217. The zero-order valence-corrected chi connectivity index (χ0v) is 14.8. The molecule has 0 aromatic heterocycles. The predicted molar refractivity (Wildman–Crippen MR) is 89.4 cm³/mol. The van der Waals surface area contributed by atoms with E-state index in [4.69, 9.17) is 4.74 Å². The average Bonchev–Trinajstić information content (AvgIpc) is 2.49. The Labute approximate surface area is 127 Å². The van der Waals surface area contributed by atoms with E-state index in [1.54, 1.807) is 7.11 Å². The lowest BCUT2D eigenvalue weighted by molar-refractivity contribution is 0.0716. The van der Waals surface area contributed by atoms with E-state index < -0.39 is 0 Å². The molecular weight excluding hydrogens is 248 g/mol. The Morgan fingerprint density at radius 1 is 1.15 bits per heavy atom. The molecule has 3 heteroatoms. The van der Waals surface area contributed by atoms with Crippen LogP contribution in [0.15, 0.2) is 0 Å². The van der Waals surface area contributed by atoms with Gasteiger partial charge in [0.15, 0.2) is 0 Å². The van der Waals surface area contributed by atoms with E-state index >= 15 is 0 Å². The van der Waals surface area contributed by atoms with Gasteiger partial charge >= 0.3 is 0 Å². The molecule has 0 aliphatic heterocycles. The van der Waals surface area contributed by atoms with Gasteiger partial charge in [0.1, 0.15) is 0 Å². The van der Waals surface area contributed by atoms with Crippen LogP contribution in [0.1, 0.15) is 60.3 Å². The molecule has 0 fully saturated rings. The van der Waals surface area contributed by atoms with Crippen molar-refractivity contribution in [3.05, 3.63) is 0 Å². The van der Waals surface area contributed by atoms with Crippen LogP contribution in [-0.2, 0) is 4.74 Å². The maximum absolute atomic E-state index is 5.29. The molecule has 1 atom stereocenters. The van der Waals surface area contributed by atoms with Gasteiger partial charge in [-0.3, -0.25) is 4.90 Å². The van der Waals surface area contributed by atoms with Gasteiger partial charge in [-0.2, -0.15) is 0 Å². The van der Waals surface area contributed by atoms with E-state index in [0.29, 0.717) is 11.5 Å². The van der Waals surface area contributed by atoms with Crippen LogP contribution in [0.4, 0.5) is 0 Å². The van der Waals surface area contributed by atoms with Crippen LogP contribution < -0.4 is 5.32 Å². The first-order valence-electron chi connectivity index (χ1n) is 8.52. The second kappa shape index (κ2) is 11.5. The molecule has 0 saturated heterocycles. The van der Waals surface area contributed by atoms with Crippen molar-refractivity contribution >= 4 is 0 Å². The monoisotopic (exact) mass is 286 g/mol. The second-order valence-corrected chi connectivity index (χ2v) is 6.10. The maximum Gasteiger partial charge on any atom is 0.0589 e. The van der Waals surface area contributed by atoms with E-state index in [0.717, 1.165) is 26.2 Å². The molecule has 1 unspecified atom stereocenters. The quantitative estimate of drug-likeness (QED) is 0.524. The highest BCUT2D eigenvalue weighted by Crippen LogP contribution is 2.28. The average molecular weight is 287 g/mol. The maximum atomic E-state index is 5.29. The topological polar surface area (TPSA) is 24.5 Å². The molecule has 0 aromatic carbocycles. The van der Waals surface area contributed by atoms with E-state index in [2.05, 4.69) is 44.8 Å². The predicted octanol–water partition coefficient (Wildman–Crippen LogP) is 3.54. The summed E-state index contributed by atoms with van der Waals surface area (Å²) in [5, 5.41) is 3.64. The number of hydrogen-bond acceptors (Lipinski definition) is 3. The van der Waals surface area contributed by atoms with Gasteiger partial charge in [0.25, 0.3) is 0 Å². The molecule has 0 radical (unpaired) electrons. The van der Waals surface area contributed by atoms with Gasteiger partial charge in [0.2, 0.25) is 0 Å². The number of ether oxygens (including phenoxy) is 1. The first-order chi connectivity index (χ1) is 9.59. The Morgan fingerprint density at radius 3 is 2.25 bits per heavy atom. The van der Waals surface area contributed by atoms with Crippen molar-refractivity contribution in [2.75, 3.05) is 39.9 Å². The fourth-order valence-electron chi connectivity index (χ4n) is 2.66. The molecule has 0 saturated carbocycles. The van der Waals surface area contributed by atoms with Crippen LogP contribution in [0, 0.1) is 5.41 Å².